The van der Waals surface area contributed by atoms with Gasteiger partial charge in [-0.2, -0.15) is 0 Å². The van der Waals surface area contributed by atoms with Crippen molar-refractivity contribution in [2.24, 2.45) is 7.05 Å². The van der Waals surface area contributed by atoms with Gasteiger partial charge in [-0.1, -0.05) is 48.9 Å². The lowest BCUT2D eigenvalue weighted by atomic mass is 10.1. The normalized spacial score (nSPS) is 14.9. The largest absolute Gasteiger partial charge is 0.326 e. The Bertz CT molecular complexity index is 829. The van der Waals surface area contributed by atoms with Crippen LogP contribution in [0, 0.1) is 0 Å². The van der Waals surface area contributed by atoms with Crippen LogP contribution in [0.2, 0.25) is 0 Å². The van der Waals surface area contributed by atoms with Crippen molar-refractivity contribution in [1.82, 2.24) is 14.5 Å². The van der Waals surface area contributed by atoms with Crippen LogP contribution >= 0.6 is 0 Å². The van der Waals surface area contributed by atoms with Gasteiger partial charge in [-0.05, 0) is 50.0 Å². The lowest BCUT2D eigenvalue weighted by Gasteiger charge is -2.26. The summed E-state index contributed by atoms with van der Waals surface area (Å²) in [6.45, 7) is 3.86. The van der Waals surface area contributed by atoms with Gasteiger partial charge in [0.15, 0.2) is 0 Å². The molecule has 4 nitrogen and oxygen atoms in total. The third kappa shape index (κ3) is 4.83. The molecule has 0 unspecified atom stereocenters. The van der Waals surface area contributed by atoms with Gasteiger partial charge in [0.05, 0.1) is 11.0 Å². The van der Waals surface area contributed by atoms with Gasteiger partial charge in [0, 0.05) is 13.6 Å². The Labute approximate surface area is 149 Å². The molecule has 1 N–H and O–H groups in total. The van der Waals surface area contributed by atoms with Crippen molar-refractivity contribution in [3.63, 3.8) is 0 Å². The first kappa shape index (κ1) is 17.5. The van der Waals surface area contributed by atoms with E-state index in [1.54, 1.807) is 11.6 Å². The molecular weight excluding hydrogens is 310 g/mol. The third-order valence-corrected chi connectivity index (χ3v) is 4.82. The summed E-state index contributed by atoms with van der Waals surface area (Å²) in [5, 5.41) is 0. The second-order valence-electron chi connectivity index (χ2n) is 6.64. The van der Waals surface area contributed by atoms with Crippen LogP contribution < -0.4 is 5.69 Å². The first-order chi connectivity index (χ1) is 12.2. The minimum absolute atomic E-state index is 0.0637. The molecule has 4 heteroatoms. The molecule has 0 amide bonds. The number of nitrogens with one attached hydrogen (secondary N) is 1. The highest BCUT2D eigenvalue weighted by Crippen LogP contribution is 2.10. The number of para-hydroxylation sites is 2. The highest BCUT2D eigenvalue weighted by Gasteiger charge is 2.08. The number of fused-ring (bicyclic) bond motifs is 1. The van der Waals surface area contributed by atoms with Crippen LogP contribution in [0.1, 0.15) is 24.8 Å². The number of rotatable bonds is 3. The molecule has 4 rings (SSSR count). The number of aromatic nitrogens is 2. The number of aromatic amines is 1. The van der Waals surface area contributed by atoms with Gasteiger partial charge in [0.25, 0.3) is 0 Å². The van der Waals surface area contributed by atoms with E-state index in [0.717, 1.165) is 11.0 Å². The quantitative estimate of drug-likeness (QED) is 0.793. The molecule has 1 aliphatic rings. The van der Waals surface area contributed by atoms with Gasteiger partial charge < -0.3 is 9.88 Å². The molecule has 132 valence electrons. The Balaban J connectivity index is 0.000000150. The highest BCUT2D eigenvalue weighted by molar-refractivity contribution is 5.74. The average molecular weight is 337 g/mol. The van der Waals surface area contributed by atoms with Gasteiger partial charge in [-0.3, -0.25) is 4.57 Å². The maximum atomic E-state index is 11.0. The summed E-state index contributed by atoms with van der Waals surface area (Å²) < 4.78 is 1.59. The van der Waals surface area contributed by atoms with Gasteiger partial charge in [-0.15, -0.1) is 0 Å². The van der Waals surface area contributed by atoms with Crippen LogP contribution in [-0.2, 0) is 13.5 Å². The summed E-state index contributed by atoms with van der Waals surface area (Å²) >= 11 is 0. The zero-order valence-corrected chi connectivity index (χ0v) is 14.9. The number of aryl methyl sites for hydroxylation is 1. The van der Waals surface area contributed by atoms with Crippen molar-refractivity contribution in [1.29, 1.82) is 0 Å². The van der Waals surface area contributed by atoms with Crippen molar-refractivity contribution in [2.75, 3.05) is 19.6 Å². The zero-order valence-electron chi connectivity index (χ0n) is 14.9. The fraction of sp³-hybridized carbons (Fsp3) is 0.381. The minimum Gasteiger partial charge on any atom is -0.306 e. The summed E-state index contributed by atoms with van der Waals surface area (Å²) in [4.78, 5) is 16.4. The molecule has 2 aromatic carbocycles. The molecule has 0 bridgehead atoms. The predicted molar refractivity (Wildman–Crippen MR) is 104 cm³/mol. The summed E-state index contributed by atoms with van der Waals surface area (Å²) in [6, 6.07) is 18.4. The SMILES string of the molecule is Cn1c(=O)[nH]c2ccccc21.c1ccc(CCN2CCCCC2)cc1. The summed E-state index contributed by atoms with van der Waals surface area (Å²) in [5.41, 5.74) is 3.24. The van der Waals surface area contributed by atoms with Gasteiger partial charge >= 0.3 is 5.69 Å². The molecule has 1 fully saturated rings. The van der Waals surface area contributed by atoms with E-state index >= 15 is 0 Å². The number of hydrogen-bond donors (Lipinski definition) is 1. The topological polar surface area (TPSA) is 41.0 Å². The number of benzene rings is 2. The van der Waals surface area contributed by atoms with E-state index in [2.05, 4.69) is 40.2 Å². The van der Waals surface area contributed by atoms with Crippen molar-refractivity contribution in [2.45, 2.75) is 25.7 Å². The van der Waals surface area contributed by atoms with E-state index in [9.17, 15) is 4.79 Å². The standard InChI is InChI=1S/C13H19N.C8H8N2O/c1-3-7-13(8-4-1)9-12-14-10-5-2-6-11-14;1-10-7-5-3-2-4-6(7)9-8(10)11/h1,3-4,7-8H,2,5-6,9-12H2;2-5H,1H3,(H,9,11). The molecule has 0 atom stereocenters. The molecule has 1 aliphatic heterocycles. The van der Waals surface area contributed by atoms with Crippen LogP contribution in [0.4, 0.5) is 0 Å². The number of likely N-dealkylation sites (tertiary alicyclic amines) is 1. The van der Waals surface area contributed by atoms with Gasteiger partial charge in [0.2, 0.25) is 0 Å². The lowest BCUT2D eigenvalue weighted by molar-refractivity contribution is 0.231. The lowest BCUT2D eigenvalue weighted by Crippen LogP contribution is -2.31. The fourth-order valence-electron chi connectivity index (χ4n) is 3.30. The number of nitrogens with zero attached hydrogens (tertiary/aromatic N) is 2. The number of hydrogen-bond acceptors (Lipinski definition) is 2. The van der Waals surface area contributed by atoms with Crippen LogP contribution in [-0.4, -0.2) is 34.1 Å². The van der Waals surface area contributed by atoms with Crippen LogP contribution in [0.5, 0.6) is 0 Å². The molecule has 3 aromatic rings. The predicted octanol–water partition coefficient (Wildman–Crippen LogP) is 3.58. The summed E-state index contributed by atoms with van der Waals surface area (Å²) in [6.07, 6.45) is 5.44. The molecular formula is C21H27N3O. The van der Waals surface area contributed by atoms with Crippen molar-refractivity contribution < 1.29 is 0 Å². The van der Waals surface area contributed by atoms with Crippen molar-refractivity contribution in [3.8, 4) is 0 Å². The van der Waals surface area contributed by atoms with Gasteiger partial charge in [0.1, 0.15) is 0 Å². The van der Waals surface area contributed by atoms with Crippen LogP contribution in [0.25, 0.3) is 11.0 Å². The van der Waals surface area contributed by atoms with E-state index < -0.39 is 0 Å². The first-order valence-corrected chi connectivity index (χ1v) is 9.14. The van der Waals surface area contributed by atoms with E-state index in [1.807, 2.05) is 24.3 Å². The van der Waals surface area contributed by atoms with Crippen LogP contribution in [0.3, 0.4) is 0 Å². The summed E-state index contributed by atoms with van der Waals surface area (Å²) in [7, 11) is 1.75. The van der Waals surface area contributed by atoms with Crippen LogP contribution in [0.15, 0.2) is 59.4 Å². The summed E-state index contributed by atoms with van der Waals surface area (Å²) in [5.74, 6) is 0. The molecule has 1 saturated heterocycles. The van der Waals surface area contributed by atoms with Crippen molar-refractivity contribution >= 4 is 11.0 Å². The zero-order chi connectivity index (χ0) is 17.5. The van der Waals surface area contributed by atoms with E-state index in [0.29, 0.717) is 0 Å². The van der Waals surface area contributed by atoms with Crippen molar-refractivity contribution in [3.05, 3.63) is 70.6 Å². The molecule has 0 aliphatic carbocycles. The molecule has 0 radical (unpaired) electrons. The Kier molecular flexibility index (Phi) is 6.07. The highest BCUT2D eigenvalue weighted by atomic mass is 16.1. The number of piperidine rings is 1. The van der Waals surface area contributed by atoms with E-state index in [1.165, 1.54) is 50.9 Å². The fourth-order valence-corrected chi connectivity index (χ4v) is 3.30. The second kappa shape index (κ2) is 8.67. The average Bonchev–Trinajstić information content (AvgIpc) is 2.97. The smallest absolute Gasteiger partial charge is 0.306 e. The third-order valence-electron chi connectivity index (χ3n) is 4.82. The number of imidazole rings is 1. The Hall–Kier alpha value is -2.33. The Morgan fingerprint density at radius 1 is 0.920 bits per heavy atom. The number of H-pyrrole nitrogens is 1. The molecule has 0 saturated carbocycles. The van der Waals surface area contributed by atoms with E-state index in [-0.39, 0.29) is 5.69 Å². The second-order valence-corrected chi connectivity index (χ2v) is 6.64. The Morgan fingerprint density at radius 2 is 1.60 bits per heavy atom. The maximum Gasteiger partial charge on any atom is 0.326 e. The molecule has 0 spiro atoms. The maximum absolute atomic E-state index is 11.0. The Morgan fingerprint density at radius 3 is 2.32 bits per heavy atom. The molecule has 2 heterocycles. The monoisotopic (exact) mass is 337 g/mol. The first-order valence-electron chi connectivity index (χ1n) is 9.14. The molecule has 1 aromatic heterocycles. The minimum atomic E-state index is -0.0637. The van der Waals surface area contributed by atoms with Gasteiger partial charge in [-0.25, -0.2) is 4.79 Å². The van der Waals surface area contributed by atoms with E-state index in [4.69, 9.17) is 0 Å². The molecule has 25 heavy (non-hydrogen) atoms.